The highest BCUT2D eigenvalue weighted by Crippen LogP contribution is 2.38. The van der Waals surface area contributed by atoms with Crippen molar-refractivity contribution in [3.8, 4) is 0 Å². The Morgan fingerprint density at radius 3 is 2.57 bits per heavy atom. The molecule has 0 fully saturated rings. The zero-order valence-corrected chi connectivity index (χ0v) is 17.1. The number of hydrogen-bond donors (Lipinski definition) is 1. The van der Waals surface area contributed by atoms with Crippen LogP contribution in [0.3, 0.4) is 0 Å². The number of hydrogen-bond acceptors (Lipinski definition) is 4. The molecule has 0 aliphatic rings. The second-order valence-electron chi connectivity index (χ2n) is 7.98. The van der Waals surface area contributed by atoms with Gasteiger partial charge in [0, 0.05) is 32.6 Å². The quantitative estimate of drug-likeness (QED) is 0.715. The molecule has 0 saturated heterocycles. The smallest absolute Gasteiger partial charge is 0.249 e. The predicted molar refractivity (Wildman–Crippen MR) is 108 cm³/mol. The number of methoxy groups -OCH3 is 1. The fourth-order valence-electron chi connectivity index (χ4n) is 3.32. The van der Waals surface area contributed by atoms with Crippen LogP contribution in [0.1, 0.15) is 38.2 Å². The van der Waals surface area contributed by atoms with Crippen LogP contribution < -0.4 is 5.73 Å². The number of carbonyl (C=O) groups is 1. The van der Waals surface area contributed by atoms with E-state index in [-0.39, 0.29) is 31.0 Å². The number of aromatic nitrogens is 2. The van der Waals surface area contributed by atoms with Gasteiger partial charge in [-0.25, -0.2) is 9.37 Å². The highest BCUT2D eigenvalue weighted by molar-refractivity contribution is 5.78. The van der Waals surface area contributed by atoms with Crippen molar-refractivity contribution >= 4 is 5.91 Å². The van der Waals surface area contributed by atoms with Crippen LogP contribution in [0.4, 0.5) is 4.39 Å². The van der Waals surface area contributed by atoms with Gasteiger partial charge in [0.2, 0.25) is 5.91 Å². The second kappa shape index (κ2) is 9.80. The first-order valence-electron chi connectivity index (χ1n) is 9.45. The van der Waals surface area contributed by atoms with Crippen molar-refractivity contribution in [3.63, 3.8) is 0 Å². The van der Waals surface area contributed by atoms with Crippen molar-refractivity contribution in [3.05, 3.63) is 54.1 Å². The molecule has 154 valence electrons. The summed E-state index contributed by atoms with van der Waals surface area (Å²) in [5.74, 6) is 0.429. The molecule has 0 aliphatic heterocycles. The number of halogens is 1. The summed E-state index contributed by atoms with van der Waals surface area (Å²) in [7, 11) is 1.45. The molecule has 2 atom stereocenters. The number of nitrogens with zero attached hydrogens (tertiary/aromatic N) is 3. The molecule has 2 unspecified atom stereocenters. The minimum atomic E-state index is -1.32. The third-order valence-corrected chi connectivity index (χ3v) is 4.56. The molecule has 1 heterocycles. The fourth-order valence-corrected chi connectivity index (χ4v) is 3.32. The first kappa shape index (κ1) is 22.0. The van der Waals surface area contributed by atoms with Crippen LogP contribution in [-0.4, -0.2) is 53.3 Å². The minimum Gasteiger partial charge on any atom is -0.375 e. The Hall–Kier alpha value is -2.25. The summed E-state index contributed by atoms with van der Waals surface area (Å²) in [5.41, 5.74) is 6.23. The van der Waals surface area contributed by atoms with E-state index < -0.39 is 12.2 Å². The van der Waals surface area contributed by atoms with Gasteiger partial charge in [-0.15, -0.1) is 0 Å². The number of rotatable bonds is 9. The van der Waals surface area contributed by atoms with Gasteiger partial charge in [0.25, 0.3) is 0 Å². The molecule has 0 bridgehead atoms. The van der Waals surface area contributed by atoms with Crippen molar-refractivity contribution < 1.29 is 13.9 Å². The molecule has 2 rings (SSSR count). The molecular weight excluding hydrogens is 359 g/mol. The van der Waals surface area contributed by atoms with Crippen LogP contribution in [0.15, 0.2) is 42.7 Å². The lowest BCUT2D eigenvalue weighted by atomic mass is 9.84. The number of nitrogens with two attached hydrogens (primary N) is 1. The third kappa shape index (κ3) is 5.62. The molecular formula is C21H31FN4O2. The van der Waals surface area contributed by atoms with Crippen molar-refractivity contribution in [2.75, 3.05) is 26.8 Å². The monoisotopic (exact) mass is 390 g/mol. The predicted octanol–water partition coefficient (Wildman–Crippen LogP) is 2.79. The van der Waals surface area contributed by atoms with Gasteiger partial charge in [-0.2, -0.15) is 0 Å². The number of benzene rings is 1. The van der Waals surface area contributed by atoms with Crippen molar-refractivity contribution in [1.29, 1.82) is 0 Å². The maximum Gasteiger partial charge on any atom is 0.249 e. The van der Waals surface area contributed by atoms with Gasteiger partial charge < -0.3 is 19.9 Å². The second-order valence-corrected chi connectivity index (χ2v) is 7.98. The molecule has 2 aromatic rings. The van der Waals surface area contributed by atoms with Gasteiger partial charge in [0.15, 0.2) is 0 Å². The van der Waals surface area contributed by atoms with E-state index in [9.17, 15) is 9.18 Å². The molecule has 2 N–H and O–H groups in total. The first-order chi connectivity index (χ1) is 13.3. The van der Waals surface area contributed by atoms with E-state index in [1.165, 1.54) is 12.0 Å². The Kier molecular flexibility index (Phi) is 7.71. The minimum absolute atomic E-state index is 0.0984. The first-order valence-corrected chi connectivity index (χ1v) is 9.45. The average Bonchev–Trinajstić information content (AvgIpc) is 3.08. The van der Waals surface area contributed by atoms with Gasteiger partial charge in [-0.3, -0.25) is 4.79 Å². The maximum atomic E-state index is 14.2. The number of amides is 1. The standard InChI is InChI=1S/C21H31FN4O2/c1-21(2,3)19(26(14-17(22)12-23)18(27)15-28-4)20-24-10-11-25(20)13-16-8-6-5-7-9-16/h5-11,17,19H,12-15,23H2,1-4H3. The fraction of sp³-hybridized carbons (Fsp3) is 0.524. The molecule has 28 heavy (non-hydrogen) atoms. The van der Waals surface area contributed by atoms with Gasteiger partial charge in [-0.05, 0) is 11.0 Å². The Morgan fingerprint density at radius 2 is 2.00 bits per heavy atom. The number of alkyl halides is 1. The molecule has 7 heteroatoms. The van der Waals surface area contributed by atoms with Crippen LogP contribution in [0.25, 0.3) is 0 Å². The Balaban J connectivity index is 2.44. The lowest BCUT2D eigenvalue weighted by Gasteiger charge is -2.40. The summed E-state index contributed by atoms with van der Waals surface area (Å²) in [6.07, 6.45) is 2.28. The molecule has 6 nitrogen and oxygen atoms in total. The molecule has 1 aromatic carbocycles. The summed E-state index contributed by atoms with van der Waals surface area (Å²) in [4.78, 5) is 18.9. The highest BCUT2D eigenvalue weighted by atomic mass is 19.1. The Morgan fingerprint density at radius 1 is 1.32 bits per heavy atom. The van der Waals surface area contributed by atoms with E-state index in [0.717, 1.165) is 5.56 Å². The van der Waals surface area contributed by atoms with Crippen LogP contribution >= 0.6 is 0 Å². The SMILES string of the molecule is COCC(=O)N(CC(F)CN)C(c1nccn1Cc1ccccc1)C(C)(C)C. The molecule has 0 saturated carbocycles. The van der Waals surface area contributed by atoms with E-state index >= 15 is 0 Å². The van der Waals surface area contributed by atoms with Gasteiger partial charge in [-0.1, -0.05) is 51.1 Å². The van der Waals surface area contributed by atoms with Crippen LogP contribution in [0, 0.1) is 5.41 Å². The lowest BCUT2D eigenvalue weighted by molar-refractivity contribution is -0.141. The van der Waals surface area contributed by atoms with Crippen LogP contribution in [0.5, 0.6) is 0 Å². The normalized spacial score (nSPS) is 13.9. The number of imidazole rings is 1. The van der Waals surface area contributed by atoms with E-state index in [1.807, 2.05) is 61.9 Å². The lowest BCUT2D eigenvalue weighted by Crippen LogP contribution is -2.47. The topological polar surface area (TPSA) is 73.4 Å². The van der Waals surface area contributed by atoms with E-state index in [4.69, 9.17) is 10.5 Å². The molecule has 0 radical (unpaired) electrons. The summed E-state index contributed by atoms with van der Waals surface area (Å²) in [6, 6.07) is 9.58. The molecule has 0 spiro atoms. The van der Waals surface area contributed by atoms with Crippen molar-refractivity contribution in [2.45, 2.75) is 39.5 Å². The zero-order valence-electron chi connectivity index (χ0n) is 17.1. The number of carbonyl (C=O) groups excluding carboxylic acids is 1. The molecule has 0 aliphatic carbocycles. The average molecular weight is 391 g/mol. The Bertz CT molecular complexity index is 742. The van der Waals surface area contributed by atoms with Gasteiger partial charge in [0.05, 0.1) is 12.6 Å². The van der Waals surface area contributed by atoms with E-state index in [0.29, 0.717) is 12.4 Å². The number of ether oxygens (including phenoxy) is 1. The summed E-state index contributed by atoms with van der Waals surface area (Å²) in [5, 5.41) is 0. The van der Waals surface area contributed by atoms with Crippen molar-refractivity contribution in [1.82, 2.24) is 14.5 Å². The van der Waals surface area contributed by atoms with Gasteiger partial charge >= 0.3 is 0 Å². The summed E-state index contributed by atoms with van der Waals surface area (Å²) in [6.45, 7) is 6.30. The maximum absolute atomic E-state index is 14.2. The van der Waals surface area contributed by atoms with Crippen LogP contribution in [0.2, 0.25) is 0 Å². The van der Waals surface area contributed by atoms with E-state index in [1.54, 1.807) is 6.20 Å². The largest absolute Gasteiger partial charge is 0.375 e. The van der Waals surface area contributed by atoms with Crippen LogP contribution in [-0.2, 0) is 16.1 Å². The summed E-state index contributed by atoms with van der Waals surface area (Å²) >= 11 is 0. The zero-order chi connectivity index (χ0) is 20.7. The molecule has 1 aromatic heterocycles. The summed E-state index contributed by atoms with van der Waals surface area (Å²) < 4.78 is 21.3. The highest BCUT2D eigenvalue weighted by Gasteiger charge is 2.38. The van der Waals surface area contributed by atoms with Crippen molar-refractivity contribution in [2.24, 2.45) is 11.1 Å². The molecule has 1 amide bonds. The Labute approximate surface area is 166 Å². The third-order valence-electron chi connectivity index (χ3n) is 4.56. The van der Waals surface area contributed by atoms with E-state index in [2.05, 4.69) is 4.98 Å². The van der Waals surface area contributed by atoms with Gasteiger partial charge in [0.1, 0.15) is 18.6 Å².